The van der Waals surface area contributed by atoms with Gasteiger partial charge in [0.25, 0.3) is 0 Å². The van der Waals surface area contributed by atoms with E-state index in [0.29, 0.717) is 10.7 Å². The zero-order valence-corrected chi connectivity index (χ0v) is 20.1. The third kappa shape index (κ3) is 11.5. The van der Waals surface area contributed by atoms with E-state index in [2.05, 4.69) is 15.6 Å². The van der Waals surface area contributed by atoms with E-state index >= 15 is 0 Å². The maximum absolute atomic E-state index is 11.4. The molecule has 1 aromatic heterocycles. The molecular formula is C25H42N4O2S. The smallest absolute Gasteiger partial charge is 0.175 e. The van der Waals surface area contributed by atoms with Gasteiger partial charge in [-0.3, -0.25) is 0 Å². The quantitative estimate of drug-likeness (QED) is 0.380. The highest BCUT2D eigenvalue weighted by Crippen LogP contribution is 2.13. The van der Waals surface area contributed by atoms with Crippen LogP contribution in [0.2, 0.25) is 0 Å². The number of pyridine rings is 1. The van der Waals surface area contributed by atoms with Crippen molar-refractivity contribution in [2.24, 2.45) is 0 Å². The standard InChI is InChI=1S/C17H24N4O2S.C6H6.C2H6.3H2/c1-24(22,23)15-7-5-14(6-8-15)9-13-19-10-3-12-20-16-4-2-11-21-17(16)18;1-2-4-6-5-3-1;1-2;;;/h2,4-8,11,19-20H,3,9-10,12-13H2,1H3,(H2,18,21);1-6H;1-2H3;3*1H. The average molecular weight is 463 g/mol. The summed E-state index contributed by atoms with van der Waals surface area (Å²) in [5, 5.41) is 6.63. The van der Waals surface area contributed by atoms with Crippen molar-refractivity contribution in [2.45, 2.75) is 31.6 Å². The summed E-state index contributed by atoms with van der Waals surface area (Å²) < 4.78 is 22.8. The first kappa shape index (κ1) is 27.1. The summed E-state index contributed by atoms with van der Waals surface area (Å²) >= 11 is 0. The van der Waals surface area contributed by atoms with Crippen molar-refractivity contribution in [3.63, 3.8) is 0 Å². The number of nitrogen functional groups attached to an aromatic ring is 1. The van der Waals surface area contributed by atoms with Crippen LogP contribution in [0.1, 0.15) is 30.1 Å². The first-order chi connectivity index (χ1) is 15.5. The van der Waals surface area contributed by atoms with Gasteiger partial charge in [0.1, 0.15) is 5.82 Å². The Hall–Kier alpha value is -2.90. The number of sulfone groups is 1. The normalized spacial score (nSPS) is 10.2. The van der Waals surface area contributed by atoms with Gasteiger partial charge in [-0.15, -0.1) is 0 Å². The number of nitrogens with one attached hydrogen (secondary N) is 2. The van der Waals surface area contributed by atoms with Gasteiger partial charge in [-0.25, -0.2) is 13.4 Å². The zero-order valence-electron chi connectivity index (χ0n) is 19.3. The van der Waals surface area contributed by atoms with Crippen LogP contribution >= 0.6 is 0 Å². The average Bonchev–Trinajstić information content (AvgIpc) is 2.82. The van der Waals surface area contributed by atoms with Crippen molar-refractivity contribution >= 4 is 21.3 Å². The number of aromatic nitrogens is 1. The van der Waals surface area contributed by atoms with Gasteiger partial charge in [-0.05, 0) is 55.8 Å². The van der Waals surface area contributed by atoms with Crippen LogP contribution in [0.4, 0.5) is 11.5 Å². The fraction of sp³-hybridized carbons (Fsp3) is 0.320. The minimum atomic E-state index is -3.12. The van der Waals surface area contributed by atoms with E-state index in [4.69, 9.17) is 5.73 Å². The molecule has 2 aromatic carbocycles. The van der Waals surface area contributed by atoms with Gasteiger partial charge in [0, 0.05) is 23.3 Å². The van der Waals surface area contributed by atoms with Gasteiger partial charge in [0.05, 0.1) is 10.6 Å². The van der Waals surface area contributed by atoms with Crippen LogP contribution in [-0.2, 0) is 16.3 Å². The third-order valence-corrected chi connectivity index (χ3v) is 5.42. The largest absolute Gasteiger partial charge is 0.382 e. The molecule has 0 amide bonds. The lowest BCUT2D eigenvalue weighted by molar-refractivity contribution is 0.602. The maximum atomic E-state index is 11.4. The second-order valence-electron chi connectivity index (χ2n) is 6.79. The first-order valence-electron chi connectivity index (χ1n) is 10.9. The number of benzene rings is 2. The first-order valence-corrected chi connectivity index (χ1v) is 12.8. The Morgan fingerprint density at radius 3 is 2.00 bits per heavy atom. The topological polar surface area (TPSA) is 97.1 Å². The van der Waals surface area contributed by atoms with Gasteiger partial charge in [-0.1, -0.05) is 62.4 Å². The molecule has 0 aliphatic carbocycles. The Morgan fingerprint density at radius 1 is 0.875 bits per heavy atom. The molecule has 0 aliphatic rings. The Labute approximate surface area is 197 Å². The van der Waals surface area contributed by atoms with Crippen molar-refractivity contribution in [1.29, 1.82) is 0 Å². The van der Waals surface area contributed by atoms with E-state index in [-0.39, 0.29) is 4.28 Å². The summed E-state index contributed by atoms with van der Waals surface area (Å²) in [6.07, 6.45) is 4.73. The van der Waals surface area contributed by atoms with Crippen LogP contribution in [0.25, 0.3) is 0 Å². The zero-order chi connectivity index (χ0) is 23.7. The molecule has 0 saturated heterocycles. The summed E-state index contributed by atoms with van der Waals surface area (Å²) in [7, 11) is -3.12. The molecule has 0 bridgehead atoms. The van der Waals surface area contributed by atoms with Crippen molar-refractivity contribution in [2.75, 3.05) is 36.9 Å². The molecule has 0 aliphatic heterocycles. The third-order valence-electron chi connectivity index (χ3n) is 4.29. The molecule has 0 saturated carbocycles. The van der Waals surface area contributed by atoms with Gasteiger partial charge in [0.2, 0.25) is 0 Å². The highest BCUT2D eigenvalue weighted by Gasteiger charge is 2.05. The number of rotatable bonds is 9. The van der Waals surface area contributed by atoms with Gasteiger partial charge >= 0.3 is 0 Å². The lowest BCUT2D eigenvalue weighted by Gasteiger charge is -2.09. The number of anilines is 2. The van der Waals surface area contributed by atoms with Crippen LogP contribution in [0.5, 0.6) is 0 Å². The minimum Gasteiger partial charge on any atom is -0.382 e. The van der Waals surface area contributed by atoms with Crippen LogP contribution in [0.3, 0.4) is 0 Å². The Morgan fingerprint density at radius 2 is 1.47 bits per heavy atom. The van der Waals surface area contributed by atoms with Crippen LogP contribution in [-0.4, -0.2) is 39.3 Å². The maximum Gasteiger partial charge on any atom is 0.175 e. The Balaban J connectivity index is -0.000000803. The lowest BCUT2D eigenvalue weighted by Crippen LogP contribution is -2.20. The Bertz CT molecular complexity index is 951. The lowest BCUT2D eigenvalue weighted by atomic mass is 10.1. The predicted molar refractivity (Wildman–Crippen MR) is 142 cm³/mol. The molecule has 1 heterocycles. The second kappa shape index (κ2) is 15.8. The molecule has 6 nitrogen and oxygen atoms in total. The van der Waals surface area contributed by atoms with E-state index in [9.17, 15) is 8.42 Å². The number of nitrogens with zero attached hydrogens (tertiary/aromatic N) is 1. The molecule has 180 valence electrons. The van der Waals surface area contributed by atoms with E-state index in [1.165, 1.54) is 6.26 Å². The summed E-state index contributed by atoms with van der Waals surface area (Å²) in [6, 6.07) is 22.8. The van der Waals surface area contributed by atoms with Crippen molar-refractivity contribution < 1.29 is 12.7 Å². The molecular weight excluding hydrogens is 420 g/mol. The molecule has 0 radical (unpaired) electrons. The van der Waals surface area contributed by atoms with E-state index in [0.717, 1.165) is 43.7 Å². The van der Waals surface area contributed by atoms with E-state index in [1.807, 2.05) is 74.5 Å². The highest BCUT2D eigenvalue weighted by atomic mass is 32.2. The van der Waals surface area contributed by atoms with Crippen molar-refractivity contribution in [3.8, 4) is 0 Å². The Kier molecular flexibility index (Phi) is 13.4. The molecule has 0 spiro atoms. The van der Waals surface area contributed by atoms with E-state index < -0.39 is 9.84 Å². The second-order valence-corrected chi connectivity index (χ2v) is 8.80. The summed E-state index contributed by atoms with van der Waals surface area (Å²) in [5.74, 6) is 0.517. The summed E-state index contributed by atoms with van der Waals surface area (Å²) in [4.78, 5) is 4.39. The van der Waals surface area contributed by atoms with Crippen molar-refractivity contribution in [1.82, 2.24) is 10.3 Å². The van der Waals surface area contributed by atoms with Gasteiger partial charge in [-0.2, -0.15) is 0 Å². The SMILES string of the molecule is CC.CS(=O)(=O)c1ccc(CCNCCCNc2cccnc2N)cc1.[HH].[HH].[HH].c1ccccc1. The molecule has 32 heavy (non-hydrogen) atoms. The van der Waals surface area contributed by atoms with Crippen molar-refractivity contribution in [3.05, 3.63) is 84.6 Å². The minimum absolute atomic E-state index is 0. The van der Waals surface area contributed by atoms with E-state index in [1.54, 1.807) is 18.3 Å². The highest BCUT2D eigenvalue weighted by molar-refractivity contribution is 7.90. The number of hydrogen-bond acceptors (Lipinski definition) is 6. The van der Waals surface area contributed by atoms with Gasteiger partial charge < -0.3 is 16.4 Å². The molecule has 0 fully saturated rings. The summed E-state index contributed by atoms with van der Waals surface area (Å²) in [5.41, 5.74) is 7.74. The molecule has 3 rings (SSSR count). The van der Waals surface area contributed by atoms with Crippen LogP contribution in [0, 0.1) is 0 Å². The molecule has 7 heteroatoms. The fourth-order valence-corrected chi connectivity index (χ4v) is 3.28. The fourth-order valence-electron chi connectivity index (χ4n) is 2.65. The summed E-state index contributed by atoms with van der Waals surface area (Å²) in [6.45, 7) is 6.58. The van der Waals surface area contributed by atoms with Crippen LogP contribution < -0.4 is 16.4 Å². The van der Waals surface area contributed by atoms with Gasteiger partial charge in [0.15, 0.2) is 9.84 Å². The molecule has 3 aromatic rings. The molecule has 4 N–H and O–H groups in total. The molecule has 0 atom stereocenters. The number of hydrogen-bond donors (Lipinski definition) is 3. The predicted octanol–water partition coefficient (Wildman–Crippen LogP) is 5.15. The molecule has 0 unspecified atom stereocenters. The monoisotopic (exact) mass is 462 g/mol. The van der Waals surface area contributed by atoms with Crippen LogP contribution in [0.15, 0.2) is 83.9 Å². The number of nitrogens with two attached hydrogens (primary N) is 1.